The Morgan fingerprint density at radius 1 is 0.765 bits per heavy atom. The van der Waals surface area contributed by atoms with Gasteiger partial charge in [-0.25, -0.2) is 0 Å². The van der Waals surface area contributed by atoms with E-state index in [0.29, 0.717) is 0 Å². The third-order valence-corrected chi connectivity index (χ3v) is 3.62. The van der Waals surface area contributed by atoms with Gasteiger partial charge in [-0.3, -0.25) is 0 Å². The van der Waals surface area contributed by atoms with Gasteiger partial charge in [-0.2, -0.15) is 0 Å². The first kappa shape index (κ1) is 13.7. The van der Waals surface area contributed by atoms with Crippen LogP contribution in [0.2, 0.25) is 0 Å². The highest BCUT2D eigenvalue weighted by atomic mass is 31.1. The Bertz CT molecular complexity index is 400. The summed E-state index contributed by atoms with van der Waals surface area (Å²) in [5, 5.41) is 1.26. The monoisotopic (exact) mass is 246 g/mol. The fourth-order valence-electron chi connectivity index (χ4n) is 1.33. The first-order valence-corrected chi connectivity index (χ1v) is 7.59. The predicted octanol–water partition coefficient (Wildman–Crippen LogP) is 4.44. The first-order chi connectivity index (χ1) is 8.36. The van der Waals surface area contributed by atoms with Crippen LogP contribution in [0.5, 0.6) is 5.75 Å². The fourth-order valence-corrected chi connectivity index (χ4v) is 2.47. The molecule has 0 bridgehead atoms. The maximum absolute atomic E-state index is 5.87. The second kappa shape index (κ2) is 7.86. The lowest BCUT2D eigenvalue weighted by Gasteiger charge is -2.13. The molecular formula is C15H19OP. The van der Waals surface area contributed by atoms with E-state index in [1.165, 1.54) is 5.30 Å². The fraction of sp³-hybridized carbons (Fsp3) is 0.200. The minimum Gasteiger partial charge on any atom is -0.470 e. The summed E-state index contributed by atoms with van der Waals surface area (Å²) in [5.41, 5.74) is 0. The molecule has 0 aromatic heterocycles. The molecule has 2 aromatic rings. The normalized spacial score (nSPS) is 11.0. The van der Waals surface area contributed by atoms with E-state index in [1.807, 2.05) is 62.4 Å². The van der Waals surface area contributed by atoms with Crippen LogP contribution < -0.4 is 9.83 Å². The van der Waals surface area contributed by atoms with Crippen molar-refractivity contribution in [3.05, 3.63) is 60.7 Å². The summed E-state index contributed by atoms with van der Waals surface area (Å²) in [6.45, 7) is 6.12. The molecule has 1 nitrogen and oxygen atoms in total. The van der Waals surface area contributed by atoms with Crippen molar-refractivity contribution in [3.8, 4) is 5.75 Å². The zero-order valence-electron chi connectivity index (χ0n) is 10.6. The number of para-hydroxylation sites is 1. The average Bonchev–Trinajstić information content (AvgIpc) is 2.43. The summed E-state index contributed by atoms with van der Waals surface area (Å²) in [6.07, 6.45) is 0. The molecule has 1 atom stereocenters. The molecule has 2 aromatic carbocycles. The maximum atomic E-state index is 5.87. The van der Waals surface area contributed by atoms with Gasteiger partial charge in [0.1, 0.15) is 13.9 Å². The van der Waals surface area contributed by atoms with Crippen LogP contribution in [-0.2, 0) is 0 Å². The van der Waals surface area contributed by atoms with Gasteiger partial charge in [0, 0.05) is 5.30 Å². The second-order valence-corrected chi connectivity index (χ2v) is 4.93. The highest BCUT2D eigenvalue weighted by Gasteiger charge is 2.05. The van der Waals surface area contributed by atoms with Gasteiger partial charge in [-0.1, -0.05) is 62.4 Å². The molecule has 0 saturated heterocycles. The lowest BCUT2D eigenvalue weighted by molar-refractivity contribution is 0.626. The van der Waals surface area contributed by atoms with Crippen LogP contribution in [0, 0.1) is 0 Å². The highest BCUT2D eigenvalue weighted by molar-refractivity contribution is 7.60. The van der Waals surface area contributed by atoms with E-state index in [2.05, 4.69) is 18.8 Å². The molecule has 0 heterocycles. The van der Waals surface area contributed by atoms with Gasteiger partial charge >= 0.3 is 0 Å². The highest BCUT2D eigenvalue weighted by Crippen LogP contribution is 2.32. The zero-order chi connectivity index (χ0) is 12.5. The largest absolute Gasteiger partial charge is 0.470 e. The number of hydrogen-bond donors (Lipinski definition) is 0. The summed E-state index contributed by atoms with van der Waals surface area (Å²) < 4.78 is 5.87. The molecule has 0 N–H and O–H groups in total. The van der Waals surface area contributed by atoms with Crippen molar-refractivity contribution in [2.24, 2.45) is 0 Å². The Labute approximate surface area is 105 Å². The van der Waals surface area contributed by atoms with Gasteiger partial charge in [0.15, 0.2) is 0 Å². The second-order valence-electron chi connectivity index (χ2n) is 3.24. The Morgan fingerprint density at radius 3 is 1.76 bits per heavy atom. The Balaban J connectivity index is 0.000000686. The van der Waals surface area contributed by atoms with Crippen molar-refractivity contribution in [1.82, 2.24) is 0 Å². The Morgan fingerprint density at radius 2 is 1.24 bits per heavy atom. The predicted molar refractivity (Wildman–Crippen MR) is 77.3 cm³/mol. The van der Waals surface area contributed by atoms with Crippen LogP contribution in [0.3, 0.4) is 0 Å². The molecule has 2 heteroatoms. The average molecular weight is 246 g/mol. The van der Waals surface area contributed by atoms with Crippen LogP contribution in [0.1, 0.15) is 13.8 Å². The van der Waals surface area contributed by atoms with Crippen molar-refractivity contribution in [1.29, 1.82) is 0 Å². The van der Waals surface area contributed by atoms with E-state index < -0.39 is 8.15 Å². The molecule has 0 amide bonds. The first-order valence-electron chi connectivity index (χ1n) is 5.88. The summed E-state index contributed by atoms with van der Waals surface area (Å²) in [7, 11) is -0.552. The van der Waals surface area contributed by atoms with Gasteiger partial charge in [-0.15, -0.1) is 0 Å². The van der Waals surface area contributed by atoms with Gasteiger partial charge in [0.2, 0.25) is 0 Å². The zero-order valence-corrected chi connectivity index (χ0v) is 11.5. The van der Waals surface area contributed by atoms with Crippen LogP contribution in [0.25, 0.3) is 0 Å². The SMILES string of the molecule is CC.CP(Oc1ccccc1)c1ccccc1. The summed E-state index contributed by atoms with van der Waals surface area (Å²) in [5.74, 6) is 0.940. The van der Waals surface area contributed by atoms with E-state index in [-0.39, 0.29) is 0 Å². The van der Waals surface area contributed by atoms with Gasteiger partial charge in [-0.05, 0) is 18.8 Å². The third-order valence-electron chi connectivity index (χ3n) is 2.11. The van der Waals surface area contributed by atoms with Crippen LogP contribution in [-0.4, -0.2) is 6.66 Å². The standard InChI is InChI=1S/C13H13OP.C2H6/c1-15(13-10-6-3-7-11-13)14-12-8-4-2-5-9-12;1-2/h2-11H,1H3;1-2H3. The molecule has 0 aliphatic carbocycles. The molecule has 0 aliphatic heterocycles. The summed E-state index contributed by atoms with van der Waals surface area (Å²) in [4.78, 5) is 0. The molecule has 0 aliphatic rings. The van der Waals surface area contributed by atoms with E-state index >= 15 is 0 Å². The molecule has 0 spiro atoms. The Hall–Kier alpha value is -1.33. The van der Waals surface area contributed by atoms with Gasteiger partial charge in [0.05, 0.1) is 0 Å². The molecule has 0 saturated carbocycles. The van der Waals surface area contributed by atoms with E-state index in [9.17, 15) is 0 Å². The van der Waals surface area contributed by atoms with Crippen molar-refractivity contribution in [2.45, 2.75) is 13.8 Å². The van der Waals surface area contributed by atoms with E-state index in [0.717, 1.165) is 5.75 Å². The van der Waals surface area contributed by atoms with Crippen LogP contribution >= 0.6 is 8.15 Å². The molecule has 1 unspecified atom stereocenters. The molecule has 2 rings (SSSR count). The van der Waals surface area contributed by atoms with Gasteiger partial charge in [0.25, 0.3) is 0 Å². The number of benzene rings is 2. The van der Waals surface area contributed by atoms with E-state index in [4.69, 9.17) is 4.52 Å². The van der Waals surface area contributed by atoms with Crippen molar-refractivity contribution < 1.29 is 4.52 Å². The third kappa shape index (κ3) is 4.58. The lowest BCUT2D eigenvalue weighted by atomic mass is 10.3. The summed E-state index contributed by atoms with van der Waals surface area (Å²) in [6, 6.07) is 20.3. The van der Waals surface area contributed by atoms with Crippen molar-refractivity contribution >= 4 is 13.5 Å². The minimum absolute atomic E-state index is 0.552. The van der Waals surface area contributed by atoms with E-state index in [1.54, 1.807) is 0 Å². The lowest BCUT2D eigenvalue weighted by Crippen LogP contribution is -2.02. The van der Waals surface area contributed by atoms with Crippen molar-refractivity contribution in [2.75, 3.05) is 6.66 Å². The minimum atomic E-state index is -0.552. The van der Waals surface area contributed by atoms with Crippen molar-refractivity contribution in [3.63, 3.8) is 0 Å². The van der Waals surface area contributed by atoms with Crippen LogP contribution in [0.4, 0.5) is 0 Å². The quantitative estimate of drug-likeness (QED) is 0.727. The molecule has 90 valence electrons. The topological polar surface area (TPSA) is 9.23 Å². The smallest absolute Gasteiger partial charge is 0.123 e. The molecule has 0 radical (unpaired) electrons. The molecule has 17 heavy (non-hydrogen) atoms. The van der Waals surface area contributed by atoms with Gasteiger partial charge < -0.3 is 4.52 Å². The summed E-state index contributed by atoms with van der Waals surface area (Å²) >= 11 is 0. The maximum Gasteiger partial charge on any atom is 0.123 e. The Kier molecular flexibility index (Phi) is 6.35. The van der Waals surface area contributed by atoms with Crippen LogP contribution in [0.15, 0.2) is 60.7 Å². The number of hydrogen-bond acceptors (Lipinski definition) is 1. The molecule has 0 fully saturated rings. The molecular weight excluding hydrogens is 227 g/mol. The number of rotatable bonds is 3.